The standard InChI is InChI=1S/C12H19NO2/c1-2-3-4-7-10-8-5-6-9-11(10)12(14)13-15/h2-4,10-11,15H,1,5-9H2,(H,13,14)/b4-3+. The first-order valence-corrected chi connectivity index (χ1v) is 5.51. The van der Waals surface area contributed by atoms with Crippen molar-refractivity contribution in [2.75, 3.05) is 0 Å². The van der Waals surface area contributed by atoms with Crippen molar-refractivity contribution < 1.29 is 10.0 Å². The molecule has 3 heteroatoms. The molecule has 0 heterocycles. The van der Waals surface area contributed by atoms with Gasteiger partial charge in [0.2, 0.25) is 5.91 Å². The van der Waals surface area contributed by atoms with Gasteiger partial charge in [-0.2, -0.15) is 0 Å². The van der Waals surface area contributed by atoms with Crippen LogP contribution < -0.4 is 5.48 Å². The number of nitrogens with one attached hydrogen (secondary N) is 1. The summed E-state index contributed by atoms with van der Waals surface area (Å²) in [4.78, 5) is 11.4. The Balaban J connectivity index is 2.53. The van der Waals surface area contributed by atoms with E-state index in [1.165, 1.54) is 6.42 Å². The highest BCUT2D eigenvalue weighted by Crippen LogP contribution is 2.32. The van der Waals surface area contributed by atoms with E-state index < -0.39 is 0 Å². The number of carbonyl (C=O) groups is 1. The summed E-state index contributed by atoms with van der Waals surface area (Å²) in [6.07, 6.45) is 10.8. The van der Waals surface area contributed by atoms with Crippen molar-refractivity contribution in [1.82, 2.24) is 5.48 Å². The molecule has 1 aliphatic carbocycles. The maximum absolute atomic E-state index is 11.4. The maximum atomic E-state index is 11.4. The van der Waals surface area contributed by atoms with E-state index in [0.717, 1.165) is 25.7 Å². The van der Waals surface area contributed by atoms with E-state index in [-0.39, 0.29) is 11.8 Å². The molecule has 1 saturated carbocycles. The SMILES string of the molecule is C=C/C=C/CC1CCCCC1C(=O)NO. The molecule has 0 aromatic heterocycles. The molecule has 3 nitrogen and oxygen atoms in total. The third-order valence-corrected chi connectivity index (χ3v) is 3.07. The minimum atomic E-state index is -0.230. The summed E-state index contributed by atoms with van der Waals surface area (Å²) in [5.41, 5.74) is 1.77. The van der Waals surface area contributed by atoms with Crippen LogP contribution in [0.5, 0.6) is 0 Å². The Bertz CT molecular complexity index is 248. The molecule has 84 valence electrons. The lowest BCUT2D eigenvalue weighted by atomic mass is 9.77. The number of amides is 1. The van der Waals surface area contributed by atoms with Gasteiger partial charge in [-0.05, 0) is 25.2 Å². The third-order valence-electron chi connectivity index (χ3n) is 3.07. The van der Waals surface area contributed by atoms with Gasteiger partial charge in [0, 0.05) is 5.92 Å². The second kappa shape index (κ2) is 6.40. The maximum Gasteiger partial charge on any atom is 0.246 e. The first-order chi connectivity index (χ1) is 7.29. The van der Waals surface area contributed by atoms with Crippen molar-refractivity contribution in [3.8, 4) is 0 Å². The number of hydroxylamine groups is 1. The second-order valence-corrected chi connectivity index (χ2v) is 4.03. The minimum Gasteiger partial charge on any atom is -0.289 e. The number of rotatable bonds is 4. The van der Waals surface area contributed by atoms with Crippen molar-refractivity contribution in [3.05, 3.63) is 24.8 Å². The van der Waals surface area contributed by atoms with Gasteiger partial charge in [0.05, 0.1) is 0 Å². The van der Waals surface area contributed by atoms with Crippen LogP contribution in [0.3, 0.4) is 0 Å². The Morgan fingerprint density at radius 3 is 2.87 bits per heavy atom. The quantitative estimate of drug-likeness (QED) is 0.424. The lowest BCUT2D eigenvalue weighted by molar-refractivity contribution is -0.136. The van der Waals surface area contributed by atoms with Gasteiger partial charge in [0.15, 0.2) is 0 Å². The first kappa shape index (κ1) is 12.0. The van der Waals surface area contributed by atoms with E-state index in [1.807, 2.05) is 12.2 Å². The van der Waals surface area contributed by atoms with Crippen LogP contribution in [0.15, 0.2) is 24.8 Å². The summed E-state index contributed by atoms with van der Waals surface area (Å²) < 4.78 is 0. The van der Waals surface area contributed by atoms with Crippen molar-refractivity contribution in [2.24, 2.45) is 11.8 Å². The summed E-state index contributed by atoms with van der Waals surface area (Å²) in [6.45, 7) is 3.61. The number of carbonyl (C=O) groups excluding carboxylic acids is 1. The number of hydrogen-bond donors (Lipinski definition) is 2. The van der Waals surface area contributed by atoms with Crippen LogP contribution in [0.25, 0.3) is 0 Å². The average Bonchev–Trinajstić information content (AvgIpc) is 2.29. The van der Waals surface area contributed by atoms with Crippen LogP contribution in [0, 0.1) is 11.8 Å². The van der Waals surface area contributed by atoms with Gasteiger partial charge in [-0.25, -0.2) is 5.48 Å². The predicted molar refractivity (Wildman–Crippen MR) is 59.3 cm³/mol. The van der Waals surface area contributed by atoms with Crippen LogP contribution in [0.4, 0.5) is 0 Å². The second-order valence-electron chi connectivity index (χ2n) is 4.03. The molecule has 0 aliphatic heterocycles. The molecule has 0 aromatic carbocycles. The molecule has 15 heavy (non-hydrogen) atoms. The average molecular weight is 209 g/mol. The van der Waals surface area contributed by atoms with Crippen LogP contribution in [-0.4, -0.2) is 11.1 Å². The molecule has 1 rings (SSSR count). The van der Waals surface area contributed by atoms with Gasteiger partial charge < -0.3 is 0 Å². The van der Waals surface area contributed by atoms with E-state index in [4.69, 9.17) is 5.21 Å². The van der Waals surface area contributed by atoms with E-state index in [9.17, 15) is 4.79 Å². The summed E-state index contributed by atoms with van der Waals surface area (Å²) in [6, 6.07) is 0. The highest BCUT2D eigenvalue weighted by atomic mass is 16.5. The zero-order valence-electron chi connectivity index (χ0n) is 8.98. The molecule has 0 spiro atoms. The Morgan fingerprint density at radius 2 is 2.20 bits per heavy atom. The molecular weight excluding hydrogens is 190 g/mol. The van der Waals surface area contributed by atoms with Gasteiger partial charge in [0.25, 0.3) is 0 Å². The van der Waals surface area contributed by atoms with Crippen molar-refractivity contribution in [1.29, 1.82) is 0 Å². The van der Waals surface area contributed by atoms with Gasteiger partial charge in [-0.1, -0.05) is 37.6 Å². The van der Waals surface area contributed by atoms with Crippen LogP contribution >= 0.6 is 0 Å². The van der Waals surface area contributed by atoms with Crippen LogP contribution in [-0.2, 0) is 4.79 Å². The zero-order valence-corrected chi connectivity index (χ0v) is 8.98. The highest BCUT2D eigenvalue weighted by Gasteiger charge is 2.29. The van der Waals surface area contributed by atoms with E-state index >= 15 is 0 Å². The van der Waals surface area contributed by atoms with Gasteiger partial charge in [0.1, 0.15) is 0 Å². The molecular formula is C12H19NO2. The largest absolute Gasteiger partial charge is 0.289 e. The fourth-order valence-corrected chi connectivity index (χ4v) is 2.27. The van der Waals surface area contributed by atoms with E-state index in [0.29, 0.717) is 5.92 Å². The van der Waals surface area contributed by atoms with E-state index in [2.05, 4.69) is 6.58 Å². The van der Waals surface area contributed by atoms with Gasteiger partial charge >= 0.3 is 0 Å². The predicted octanol–water partition coefficient (Wildman–Crippen LogP) is 2.43. The fraction of sp³-hybridized carbons (Fsp3) is 0.583. The summed E-state index contributed by atoms with van der Waals surface area (Å²) in [7, 11) is 0. The molecule has 0 bridgehead atoms. The fourth-order valence-electron chi connectivity index (χ4n) is 2.27. The van der Waals surface area contributed by atoms with E-state index in [1.54, 1.807) is 11.6 Å². The molecule has 0 aromatic rings. The van der Waals surface area contributed by atoms with Crippen molar-refractivity contribution in [3.63, 3.8) is 0 Å². The summed E-state index contributed by atoms with van der Waals surface area (Å²) in [5, 5.41) is 8.64. The molecule has 2 N–H and O–H groups in total. The molecule has 1 aliphatic rings. The Labute approximate surface area is 90.8 Å². The summed E-state index contributed by atoms with van der Waals surface area (Å²) in [5.74, 6) is 0.104. The van der Waals surface area contributed by atoms with Crippen molar-refractivity contribution >= 4 is 5.91 Å². The Hall–Kier alpha value is -1.09. The highest BCUT2D eigenvalue weighted by molar-refractivity contribution is 5.77. The van der Waals surface area contributed by atoms with Crippen LogP contribution in [0.2, 0.25) is 0 Å². The Morgan fingerprint density at radius 1 is 1.47 bits per heavy atom. The molecule has 2 atom stereocenters. The van der Waals surface area contributed by atoms with Gasteiger partial charge in [-0.15, -0.1) is 0 Å². The first-order valence-electron chi connectivity index (χ1n) is 5.51. The molecule has 2 unspecified atom stereocenters. The normalized spacial score (nSPS) is 26.5. The lowest BCUT2D eigenvalue weighted by Crippen LogP contribution is -2.34. The number of allylic oxidation sites excluding steroid dienone is 3. The lowest BCUT2D eigenvalue weighted by Gasteiger charge is -2.28. The topological polar surface area (TPSA) is 49.3 Å². The molecule has 1 fully saturated rings. The third kappa shape index (κ3) is 3.51. The molecule has 1 amide bonds. The van der Waals surface area contributed by atoms with Gasteiger partial charge in [-0.3, -0.25) is 10.0 Å². The monoisotopic (exact) mass is 209 g/mol. The number of hydrogen-bond acceptors (Lipinski definition) is 2. The molecule has 0 saturated heterocycles. The van der Waals surface area contributed by atoms with Crippen LogP contribution in [0.1, 0.15) is 32.1 Å². The minimum absolute atomic E-state index is 0.0294. The Kier molecular flexibility index (Phi) is 5.12. The molecule has 0 radical (unpaired) electrons. The zero-order chi connectivity index (χ0) is 11.1. The summed E-state index contributed by atoms with van der Waals surface area (Å²) >= 11 is 0. The smallest absolute Gasteiger partial charge is 0.246 e. The van der Waals surface area contributed by atoms with Crippen molar-refractivity contribution in [2.45, 2.75) is 32.1 Å².